The Labute approximate surface area is 190 Å². The summed E-state index contributed by atoms with van der Waals surface area (Å²) >= 11 is 0. The van der Waals surface area contributed by atoms with Crippen LogP contribution in [0.3, 0.4) is 0 Å². The van der Waals surface area contributed by atoms with Crippen LogP contribution in [0.1, 0.15) is 36.3 Å². The standard InChI is InChI=1S/C21H21F3N6O4/c22-21(23,24)12-3-1-2-4-13(12)26-18(33)11-9-14(31)27-17-15(11)19(34)29-20(28-17)30-7-5-10(6-8-30)16(25)32/h1-4,10-11H,5-9H2,(H2,25,32)(H,26,33)(H2,27,28,29,31,34)/t11-/m1/s1. The number of para-hydroxylation sites is 1. The lowest BCUT2D eigenvalue weighted by molar-refractivity contribution is -0.137. The number of anilines is 3. The number of carbonyl (C=O) groups excluding carboxylic acids is 3. The number of nitrogens with one attached hydrogen (secondary N) is 3. The Morgan fingerprint density at radius 1 is 1.15 bits per heavy atom. The van der Waals surface area contributed by atoms with Crippen molar-refractivity contribution >= 4 is 35.2 Å². The fourth-order valence-electron chi connectivity index (χ4n) is 4.17. The van der Waals surface area contributed by atoms with E-state index in [-0.39, 0.29) is 23.2 Å². The number of H-pyrrole nitrogens is 1. The summed E-state index contributed by atoms with van der Waals surface area (Å²) in [5.74, 6) is -3.54. The Bertz CT molecular complexity index is 1200. The van der Waals surface area contributed by atoms with Crippen molar-refractivity contribution in [2.75, 3.05) is 28.6 Å². The minimum absolute atomic E-state index is 0.128. The molecule has 13 heteroatoms. The molecule has 0 unspecified atom stereocenters. The quantitative estimate of drug-likeness (QED) is 0.524. The number of carbonyl (C=O) groups is 3. The molecule has 180 valence electrons. The maximum atomic E-state index is 13.3. The van der Waals surface area contributed by atoms with E-state index >= 15 is 0 Å². The van der Waals surface area contributed by atoms with E-state index in [1.54, 1.807) is 4.90 Å². The van der Waals surface area contributed by atoms with Crippen LogP contribution in [-0.2, 0) is 20.6 Å². The normalized spacial score (nSPS) is 18.7. The van der Waals surface area contributed by atoms with Gasteiger partial charge in [0.05, 0.1) is 22.7 Å². The van der Waals surface area contributed by atoms with Crippen molar-refractivity contribution < 1.29 is 27.6 Å². The van der Waals surface area contributed by atoms with Crippen molar-refractivity contribution in [2.24, 2.45) is 11.7 Å². The van der Waals surface area contributed by atoms with Crippen molar-refractivity contribution in [2.45, 2.75) is 31.4 Å². The van der Waals surface area contributed by atoms with Crippen LogP contribution in [0.15, 0.2) is 29.1 Å². The summed E-state index contributed by atoms with van der Waals surface area (Å²) in [5.41, 5.74) is 2.97. The molecule has 1 atom stereocenters. The summed E-state index contributed by atoms with van der Waals surface area (Å²) in [4.78, 5) is 58.0. The van der Waals surface area contributed by atoms with Gasteiger partial charge in [-0.1, -0.05) is 12.1 Å². The van der Waals surface area contributed by atoms with Crippen molar-refractivity contribution in [3.8, 4) is 0 Å². The first-order valence-corrected chi connectivity index (χ1v) is 10.5. The van der Waals surface area contributed by atoms with Crippen LogP contribution in [0.4, 0.5) is 30.6 Å². The number of primary amides is 1. The maximum Gasteiger partial charge on any atom is 0.418 e. The number of piperidine rings is 1. The number of amides is 3. The minimum atomic E-state index is -4.71. The van der Waals surface area contributed by atoms with Crippen LogP contribution < -0.4 is 26.8 Å². The molecule has 2 aliphatic heterocycles. The molecule has 3 amide bonds. The fraction of sp³-hybridized carbons (Fsp3) is 0.381. The molecule has 1 fully saturated rings. The molecule has 2 aliphatic rings. The van der Waals surface area contributed by atoms with E-state index in [4.69, 9.17) is 5.73 Å². The number of benzene rings is 1. The molecule has 0 spiro atoms. The van der Waals surface area contributed by atoms with E-state index in [9.17, 15) is 32.3 Å². The summed E-state index contributed by atoms with van der Waals surface area (Å²) in [5, 5.41) is 4.66. The largest absolute Gasteiger partial charge is 0.418 e. The van der Waals surface area contributed by atoms with Gasteiger partial charge in [-0.2, -0.15) is 18.2 Å². The summed E-state index contributed by atoms with van der Waals surface area (Å²) in [6.07, 6.45) is -4.21. The van der Waals surface area contributed by atoms with Crippen molar-refractivity contribution in [3.05, 3.63) is 45.7 Å². The van der Waals surface area contributed by atoms with E-state index in [1.807, 2.05) is 0 Å². The molecule has 5 N–H and O–H groups in total. The second kappa shape index (κ2) is 8.80. The number of rotatable bonds is 4. The monoisotopic (exact) mass is 478 g/mol. The molecule has 34 heavy (non-hydrogen) atoms. The second-order valence-corrected chi connectivity index (χ2v) is 8.15. The number of hydrogen-bond donors (Lipinski definition) is 4. The third kappa shape index (κ3) is 4.58. The van der Waals surface area contributed by atoms with E-state index in [2.05, 4.69) is 20.6 Å². The van der Waals surface area contributed by atoms with Crippen LogP contribution in [0.5, 0.6) is 0 Å². The third-order valence-corrected chi connectivity index (χ3v) is 5.94. The smallest absolute Gasteiger partial charge is 0.369 e. The highest BCUT2D eigenvalue weighted by Crippen LogP contribution is 2.36. The highest BCUT2D eigenvalue weighted by molar-refractivity contribution is 6.04. The van der Waals surface area contributed by atoms with Gasteiger partial charge in [-0.25, -0.2) is 0 Å². The zero-order valence-electron chi connectivity index (χ0n) is 17.7. The van der Waals surface area contributed by atoms with Crippen LogP contribution in [0.25, 0.3) is 0 Å². The Balaban J connectivity index is 1.61. The topological polar surface area (TPSA) is 150 Å². The van der Waals surface area contributed by atoms with Crippen LogP contribution in [0, 0.1) is 5.92 Å². The summed E-state index contributed by atoms with van der Waals surface area (Å²) in [6, 6.07) is 4.42. The minimum Gasteiger partial charge on any atom is -0.369 e. The van der Waals surface area contributed by atoms with Gasteiger partial charge in [-0.05, 0) is 25.0 Å². The molecule has 0 saturated carbocycles. The second-order valence-electron chi connectivity index (χ2n) is 8.15. The molecule has 1 aromatic carbocycles. The predicted molar refractivity (Wildman–Crippen MR) is 115 cm³/mol. The third-order valence-electron chi connectivity index (χ3n) is 5.94. The molecule has 0 radical (unpaired) electrons. The number of aromatic amines is 1. The molecule has 2 aromatic rings. The van der Waals surface area contributed by atoms with E-state index in [0.29, 0.717) is 25.9 Å². The number of alkyl halides is 3. The van der Waals surface area contributed by atoms with Gasteiger partial charge >= 0.3 is 6.18 Å². The number of aromatic nitrogens is 2. The van der Waals surface area contributed by atoms with Crippen LogP contribution >= 0.6 is 0 Å². The Kier molecular flexibility index (Phi) is 6.02. The summed E-state index contributed by atoms with van der Waals surface area (Å²) < 4.78 is 39.9. The molecule has 4 rings (SSSR count). The lowest BCUT2D eigenvalue weighted by Gasteiger charge is -2.32. The number of hydrogen-bond acceptors (Lipinski definition) is 6. The molecular formula is C21H21F3N6O4. The van der Waals surface area contributed by atoms with Gasteiger partial charge < -0.3 is 21.3 Å². The maximum absolute atomic E-state index is 13.3. The van der Waals surface area contributed by atoms with Gasteiger partial charge in [-0.15, -0.1) is 0 Å². The van der Waals surface area contributed by atoms with Crippen molar-refractivity contribution in [3.63, 3.8) is 0 Å². The fourth-order valence-corrected chi connectivity index (χ4v) is 4.17. The zero-order valence-corrected chi connectivity index (χ0v) is 17.7. The Hall–Kier alpha value is -3.90. The predicted octanol–water partition coefficient (Wildman–Crippen LogP) is 1.55. The van der Waals surface area contributed by atoms with E-state index in [0.717, 1.165) is 12.1 Å². The van der Waals surface area contributed by atoms with Crippen LogP contribution in [0.2, 0.25) is 0 Å². The first-order chi connectivity index (χ1) is 16.0. The number of fused-ring (bicyclic) bond motifs is 1. The molecular weight excluding hydrogens is 457 g/mol. The van der Waals surface area contributed by atoms with E-state index < -0.39 is 53.0 Å². The molecule has 1 saturated heterocycles. The molecule has 0 aliphatic carbocycles. The van der Waals surface area contributed by atoms with Crippen LogP contribution in [-0.4, -0.2) is 40.8 Å². The SMILES string of the molecule is NC(=O)C1CCN(c2nc3c(c(=O)[nH]2)[C@H](C(=O)Nc2ccccc2C(F)(F)F)CC(=O)N3)CC1. The molecule has 0 bridgehead atoms. The summed E-state index contributed by atoms with van der Waals surface area (Å²) in [6.45, 7) is 0.781. The zero-order chi connectivity index (χ0) is 24.6. The summed E-state index contributed by atoms with van der Waals surface area (Å²) in [7, 11) is 0. The van der Waals surface area contributed by atoms with Gasteiger partial charge in [0.1, 0.15) is 5.82 Å². The van der Waals surface area contributed by atoms with Gasteiger partial charge in [0, 0.05) is 25.4 Å². The van der Waals surface area contributed by atoms with Gasteiger partial charge in [0.2, 0.25) is 23.7 Å². The first-order valence-electron chi connectivity index (χ1n) is 10.5. The molecule has 1 aromatic heterocycles. The highest BCUT2D eigenvalue weighted by Gasteiger charge is 2.38. The van der Waals surface area contributed by atoms with Crippen molar-refractivity contribution in [1.29, 1.82) is 0 Å². The number of nitrogens with zero attached hydrogens (tertiary/aromatic N) is 2. The van der Waals surface area contributed by atoms with Gasteiger partial charge in [0.25, 0.3) is 5.56 Å². The first kappa shape index (κ1) is 23.3. The average Bonchev–Trinajstić information content (AvgIpc) is 2.77. The Morgan fingerprint density at radius 2 is 1.82 bits per heavy atom. The highest BCUT2D eigenvalue weighted by atomic mass is 19.4. The van der Waals surface area contributed by atoms with Gasteiger partial charge in [0.15, 0.2) is 0 Å². The molecule has 10 nitrogen and oxygen atoms in total. The Morgan fingerprint density at radius 3 is 2.47 bits per heavy atom. The van der Waals surface area contributed by atoms with Gasteiger partial charge in [-0.3, -0.25) is 24.2 Å². The lowest BCUT2D eigenvalue weighted by Crippen LogP contribution is -2.41. The van der Waals surface area contributed by atoms with E-state index in [1.165, 1.54) is 12.1 Å². The number of halogens is 3. The average molecular weight is 478 g/mol. The number of nitrogens with two attached hydrogens (primary N) is 1. The van der Waals surface area contributed by atoms with Crippen molar-refractivity contribution in [1.82, 2.24) is 9.97 Å². The molecule has 3 heterocycles. The lowest BCUT2D eigenvalue weighted by atomic mass is 9.92.